The van der Waals surface area contributed by atoms with Crippen LogP contribution in [-0.4, -0.2) is 29.4 Å². The molecule has 0 fully saturated rings. The summed E-state index contributed by atoms with van der Waals surface area (Å²) < 4.78 is 33.3. The third kappa shape index (κ3) is 2.93. The van der Waals surface area contributed by atoms with E-state index in [1.165, 1.54) is 5.56 Å². The zero-order valence-corrected chi connectivity index (χ0v) is 15.5. The third-order valence-corrected chi connectivity index (χ3v) is 6.66. The Hall–Kier alpha value is -2.51. The number of benzene rings is 2. The number of hydrogen-bond donors (Lipinski definition) is 0. The number of rotatable bonds is 3. The van der Waals surface area contributed by atoms with E-state index in [9.17, 15) is 8.42 Å². The molecule has 1 aromatic heterocycles. The summed E-state index contributed by atoms with van der Waals surface area (Å²) in [6, 6.07) is 13.2. The fourth-order valence-corrected chi connectivity index (χ4v) is 4.91. The van der Waals surface area contributed by atoms with Gasteiger partial charge in [0.1, 0.15) is 0 Å². The Morgan fingerprint density at radius 1 is 1.08 bits per heavy atom. The lowest BCUT2D eigenvalue weighted by Crippen LogP contribution is -2.36. The number of sulfonamides is 1. The third-order valence-electron chi connectivity index (χ3n) is 4.68. The molecule has 0 saturated carbocycles. The van der Waals surface area contributed by atoms with Gasteiger partial charge in [0, 0.05) is 18.7 Å². The normalized spacial score (nSPS) is 15.0. The molecule has 0 aliphatic carbocycles. The Labute approximate surface area is 152 Å². The van der Waals surface area contributed by atoms with E-state index in [1.807, 2.05) is 18.2 Å². The lowest BCUT2D eigenvalue weighted by atomic mass is 10.0. The van der Waals surface area contributed by atoms with Gasteiger partial charge in [-0.1, -0.05) is 35.5 Å². The predicted molar refractivity (Wildman–Crippen MR) is 96.9 cm³/mol. The Morgan fingerprint density at radius 2 is 1.85 bits per heavy atom. The number of fused-ring (bicyclic) bond motifs is 1. The van der Waals surface area contributed by atoms with Crippen molar-refractivity contribution in [1.29, 1.82) is 0 Å². The van der Waals surface area contributed by atoms with Crippen LogP contribution < -0.4 is 0 Å². The minimum Gasteiger partial charge on any atom is -0.334 e. The minimum absolute atomic E-state index is 0.283. The van der Waals surface area contributed by atoms with E-state index in [-0.39, 0.29) is 4.90 Å². The maximum absolute atomic E-state index is 13.3. The van der Waals surface area contributed by atoms with Crippen molar-refractivity contribution in [2.75, 3.05) is 6.54 Å². The van der Waals surface area contributed by atoms with Crippen LogP contribution in [0.5, 0.6) is 0 Å². The molecule has 1 aliphatic rings. The van der Waals surface area contributed by atoms with Gasteiger partial charge in [-0.3, -0.25) is 0 Å². The van der Waals surface area contributed by atoms with Gasteiger partial charge in [-0.2, -0.15) is 9.29 Å². The quantitative estimate of drug-likeness (QED) is 0.709. The molecule has 0 saturated heterocycles. The first kappa shape index (κ1) is 16.9. The fourth-order valence-electron chi connectivity index (χ4n) is 3.24. The van der Waals surface area contributed by atoms with Gasteiger partial charge >= 0.3 is 0 Å². The first-order valence-electron chi connectivity index (χ1n) is 8.43. The monoisotopic (exact) mass is 369 g/mol. The molecule has 2 aromatic carbocycles. The molecule has 0 N–H and O–H groups in total. The van der Waals surface area contributed by atoms with Crippen LogP contribution in [-0.2, 0) is 23.0 Å². The van der Waals surface area contributed by atoms with Crippen molar-refractivity contribution in [3.05, 3.63) is 65.0 Å². The molecule has 0 unspecified atom stereocenters. The van der Waals surface area contributed by atoms with E-state index in [2.05, 4.69) is 16.2 Å². The van der Waals surface area contributed by atoms with Crippen LogP contribution in [0.4, 0.5) is 0 Å². The van der Waals surface area contributed by atoms with Crippen molar-refractivity contribution >= 4 is 10.0 Å². The summed E-state index contributed by atoms with van der Waals surface area (Å²) in [6.07, 6.45) is 0.719. The van der Waals surface area contributed by atoms with E-state index in [1.54, 1.807) is 36.4 Å². The highest BCUT2D eigenvalue weighted by Crippen LogP contribution is 2.29. The molecule has 0 amide bonds. The molecule has 7 heteroatoms. The maximum Gasteiger partial charge on any atom is 0.257 e. The summed E-state index contributed by atoms with van der Waals surface area (Å²) in [5, 5.41) is 3.78. The zero-order chi connectivity index (χ0) is 18.3. The van der Waals surface area contributed by atoms with Crippen molar-refractivity contribution in [1.82, 2.24) is 14.4 Å². The standard InChI is InChI=1S/C19H19N3O3S/c1-13-7-8-16(19-20-14(2)21-25-19)11-18(13)26(23,24)22-10-9-15-5-3-4-6-17(15)12-22/h3-8,11H,9-10,12H2,1-2H3. The molecule has 26 heavy (non-hydrogen) atoms. The number of aryl methyl sites for hydroxylation is 2. The largest absolute Gasteiger partial charge is 0.334 e. The van der Waals surface area contributed by atoms with E-state index in [4.69, 9.17) is 4.52 Å². The highest BCUT2D eigenvalue weighted by atomic mass is 32.2. The molecule has 3 aromatic rings. The van der Waals surface area contributed by atoms with Gasteiger partial charge < -0.3 is 4.52 Å². The van der Waals surface area contributed by atoms with Crippen LogP contribution in [0.25, 0.3) is 11.5 Å². The van der Waals surface area contributed by atoms with Crippen molar-refractivity contribution < 1.29 is 12.9 Å². The van der Waals surface area contributed by atoms with Crippen LogP contribution in [0, 0.1) is 13.8 Å². The second kappa shape index (κ2) is 6.34. The lowest BCUT2D eigenvalue weighted by Gasteiger charge is -2.28. The average Bonchev–Trinajstić information content (AvgIpc) is 3.08. The Balaban J connectivity index is 1.72. The fraction of sp³-hybridized carbons (Fsp3) is 0.263. The molecule has 1 aliphatic heterocycles. The van der Waals surface area contributed by atoms with E-state index in [0.29, 0.717) is 35.9 Å². The molecule has 0 bridgehead atoms. The minimum atomic E-state index is -3.62. The Morgan fingerprint density at radius 3 is 2.58 bits per heavy atom. The van der Waals surface area contributed by atoms with E-state index >= 15 is 0 Å². The van der Waals surface area contributed by atoms with E-state index < -0.39 is 10.0 Å². The van der Waals surface area contributed by atoms with Gasteiger partial charge in [0.25, 0.3) is 5.89 Å². The van der Waals surface area contributed by atoms with Crippen molar-refractivity contribution in [3.8, 4) is 11.5 Å². The SMILES string of the molecule is Cc1noc(-c2ccc(C)c(S(=O)(=O)N3CCc4ccccc4C3)c2)n1. The molecule has 0 radical (unpaired) electrons. The summed E-state index contributed by atoms with van der Waals surface area (Å²) in [5.41, 5.74) is 3.57. The first-order chi connectivity index (χ1) is 12.4. The number of nitrogens with zero attached hydrogens (tertiary/aromatic N) is 3. The molecule has 134 valence electrons. The van der Waals surface area contributed by atoms with Crippen LogP contribution in [0.2, 0.25) is 0 Å². The van der Waals surface area contributed by atoms with Gasteiger partial charge in [0.05, 0.1) is 4.90 Å². The highest BCUT2D eigenvalue weighted by molar-refractivity contribution is 7.89. The average molecular weight is 369 g/mol. The summed E-state index contributed by atoms with van der Waals surface area (Å²) >= 11 is 0. The van der Waals surface area contributed by atoms with Gasteiger partial charge in [0.15, 0.2) is 5.82 Å². The highest BCUT2D eigenvalue weighted by Gasteiger charge is 2.30. The van der Waals surface area contributed by atoms with Crippen LogP contribution >= 0.6 is 0 Å². The van der Waals surface area contributed by atoms with Gasteiger partial charge in [-0.25, -0.2) is 8.42 Å². The van der Waals surface area contributed by atoms with Crippen LogP contribution in [0.15, 0.2) is 51.9 Å². The summed E-state index contributed by atoms with van der Waals surface area (Å²) in [5.74, 6) is 0.834. The molecule has 6 nitrogen and oxygen atoms in total. The maximum atomic E-state index is 13.3. The summed E-state index contributed by atoms with van der Waals surface area (Å²) in [7, 11) is -3.62. The first-order valence-corrected chi connectivity index (χ1v) is 9.87. The Kier molecular flexibility index (Phi) is 4.13. The van der Waals surface area contributed by atoms with Crippen molar-refractivity contribution in [2.45, 2.75) is 31.7 Å². The number of aromatic nitrogens is 2. The predicted octanol–water partition coefficient (Wildman–Crippen LogP) is 3.10. The van der Waals surface area contributed by atoms with Gasteiger partial charge in [0.2, 0.25) is 10.0 Å². The molecular weight excluding hydrogens is 350 g/mol. The van der Waals surface area contributed by atoms with Gasteiger partial charge in [-0.05, 0) is 49.1 Å². The molecule has 2 heterocycles. The molecular formula is C19H19N3O3S. The summed E-state index contributed by atoms with van der Waals surface area (Å²) in [4.78, 5) is 4.47. The lowest BCUT2D eigenvalue weighted by molar-refractivity contribution is 0.391. The second-order valence-electron chi connectivity index (χ2n) is 6.48. The van der Waals surface area contributed by atoms with Crippen molar-refractivity contribution in [2.24, 2.45) is 0 Å². The topological polar surface area (TPSA) is 76.3 Å². The zero-order valence-electron chi connectivity index (χ0n) is 14.6. The molecule has 0 atom stereocenters. The summed E-state index contributed by atoms with van der Waals surface area (Å²) in [6.45, 7) is 4.39. The van der Waals surface area contributed by atoms with Crippen LogP contribution in [0.3, 0.4) is 0 Å². The second-order valence-corrected chi connectivity index (χ2v) is 8.39. The van der Waals surface area contributed by atoms with Gasteiger partial charge in [-0.15, -0.1) is 0 Å². The molecule has 4 rings (SSSR count). The Bertz CT molecular complexity index is 1070. The van der Waals surface area contributed by atoms with Crippen molar-refractivity contribution in [3.63, 3.8) is 0 Å². The molecule has 0 spiro atoms. The smallest absolute Gasteiger partial charge is 0.257 e. The van der Waals surface area contributed by atoms with E-state index in [0.717, 1.165) is 12.0 Å². The van der Waals surface area contributed by atoms with Crippen LogP contribution in [0.1, 0.15) is 22.5 Å². The number of hydrogen-bond acceptors (Lipinski definition) is 5.